The maximum atomic E-state index is 6.05. The molecule has 0 aliphatic rings. The lowest BCUT2D eigenvalue weighted by Gasteiger charge is -2.07. The van der Waals surface area contributed by atoms with E-state index < -0.39 is 0 Å². The van der Waals surface area contributed by atoms with Crippen LogP contribution in [0.3, 0.4) is 0 Å². The van der Waals surface area contributed by atoms with Crippen LogP contribution in [0.1, 0.15) is 11.3 Å². The van der Waals surface area contributed by atoms with E-state index in [-0.39, 0.29) is 0 Å². The van der Waals surface area contributed by atoms with E-state index in [4.69, 9.17) is 16.3 Å². The van der Waals surface area contributed by atoms with E-state index in [0.717, 1.165) is 29.2 Å². The molecule has 1 heterocycles. The Hall–Kier alpha value is -1.45. The summed E-state index contributed by atoms with van der Waals surface area (Å²) in [6.07, 6.45) is 0. The Kier molecular flexibility index (Phi) is 3.94. The van der Waals surface area contributed by atoms with Crippen molar-refractivity contribution in [3.05, 3.63) is 40.5 Å². The van der Waals surface area contributed by atoms with Crippen molar-refractivity contribution >= 4 is 11.6 Å². The summed E-state index contributed by atoms with van der Waals surface area (Å²) in [5.74, 6) is 0.816. The first-order valence-electron chi connectivity index (χ1n) is 5.82. The zero-order chi connectivity index (χ0) is 13.1. The zero-order valence-corrected chi connectivity index (χ0v) is 11.6. The standard InChI is InChI=1S/C14H17ClN2O/c1-9-10(8-16-2)6-13(17-9)12-7-11(15)4-5-14(12)18-3/h4-7,16-17H,8H2,1-3H3. The van der Waals surface area contributed by atoms with Crippen LogP contribution in [-0.4, -0.2) is 19.1 Å². The third-order valence-corrected chi connectivity index (χ3v) is 3.18. The van der Waals surface area contributed by atoms with Crippen molar-refractivity contribution in [1.29, 1.82) is 0 Å². The van der Waals surface area contributed by atoms with Gasteiger partial charge >= 0.3 is 0 Å². The van der Waals surface area contributed by atoms with Gasteiger partial charge in [0.1, 0.15) is 5.75 Å². The molecule has 0 saturated heterocycles. The molecule has 0 amide bonds. The summed E-state index contributed by atoms with van der Waals surface area (Å²) < 4.78 is 5.37. The molecule has 0 fully saturated rings. The van der Waals surface area contributed by atoms with Gasteiger partial charge in [-0.05, 0) is 43.8 Å². The van der Waals surface area contributed by atoms with Crippen molar-refractivity contribution in [2.45, 2.75) is 13.5 Å². The molecule has 0 bridgehead atoms. The van der Waals surface area contributed by atoms with Crippen molar-refractivity contribution in [2.24, 2.45) is 0 Å². The molecule has 4 heteroatoms. The van der Waals surface area contributed by atoms with Crippen LogP contribution < -0.4 is 10.1 Å². The lowest BCUT2D eigenvalue weighted by atomic mass is 10.1. The molecule has 1 aromatic heterocycles. The number of aromatic nitrogens is 1. The highest BCUT2D eigenvalue weighted by Gasteiger charge is 2.11. The molecule has 2 N–H and O–H groups in total. The molecule has 2 aromatic rings. The van der Waals surface area contributed by atoms with Gasteiger partial charge in [-0.2, -0.15) is 0 Å². The van der Waals surface area contributed by atoms with E-state index in [1.807, 2.05) is 25.2 Å². The number of H-pyrrole nitrogens is 1. The quantitative estimate of drug-likeness (QED) is 0.888. The third kappa shape index (κ3) is 2.52. The Morgan fingerprint density at radius 1 is 1.33 bits per heavy atom. The van der Waals surface area contributed by atoms with Crippen molar-refractivity contribution in [3.63, 3.8) is 0 Å². The van der Waals surface area contributed by atoms with Gasteiger partial charge in [-0.25, -0.2) is 0 Å². The minimum atomic E-state index is 0.702. The van der Waals surface area contributed by atoms with Crippen molar-refractivity contribution in [1.82, 2.24) is 10.3 Å². The Morgan fingerprint density at radius 2 is 2.11 bits per heavy atom. The van der Waals surface area contributed by atoms with Crippen molar-refractivity contribution in [3.8, 4) is 17.0 Å². The number of hydrogen-bond acceptors (Lipinski definition) is 2. The average Bonchev–Trinajstić information content (AvgIpc) is 2.71. The van der Waals surface area contributed by atoms with Gasteiger partial charge in [0.2, 0.25) is 0 Å². The molecule has 0 aliphatic carbocycles. The van der Waals surface area contributed by atoms with Crippen LogP contribution in [0.25, 0.3) is 11.3 Å². The summed E-state index contributed by atoms with van der Waals surface area (Å²) in [5.41, 5.74) is 4.41. The number of benzene rings is 1. The SMILES string of the molecule is CNCc1cc(-c2cc(Cl)ccc2OC)[nH]c1C. The molecule has 3 nitrogen and oxygen atoms in total. The van der Waals surface area contributed by atoms with Crippen molar-refractivity contribution in [2.75, 3.05) is 14.2 Å². The molecule has 0 aliphatic heterocycles. The highest BCUT2D eigenvalue weighted by Crippen LogP contribution is 2.32. The molecule has 1 aromatic carbocycles. The van der Waals surface area contributed by atoms with Gasteiger partial charge in [0.25, 0.3) is 0 Å². The summed E-state index contributed by atoms with van der Waals surface area (Å²) in [6.45, 7) is 2.90. The molecule has 0 unspecified atom stereocenters. The van der Waals surface area contributed by atoms with Crippen molar-refractivity contribution < 1.29 is 4.74 Å². The minimum absolute atomic E-state index is 0.702. The fourth-order valence-electron chi connectivity index (χ4n) is 2.01. The number of rotatable bonds is 4. The Labute approximate surface area is 112 Å². The summed E-state index contributed by atoms with van der Waals surface area (Å²) in [7, 11) is 3.60. The monoisotopic (exact) mass is 264 g/mol. The number of aromatic amines is 1. The highest BCUT2D eigenvalue weighted by molar-refractivity contribution is 6.30. The first kappa shape index (κ1) is 13.0. The summed E-state index contributed by atoms with van der Waals surface area (Å²) in [5, 5.41) is 3.85. The number of halogens is 1. The number of aryl methyl sites for hydroxylation is 1. The lowest BCUT2D eigenvalue weighted by Crippen LogP contribution is -2.04. The summed E-state index contributed by atoms with van der Waals surface area (Å²) in [6, 6.07) is 7.74. The van der Waals surface area contributed by atoms with E-state index in [0.29, 0.717) is 5.02 Å². The Bertz CT molecular complexity index is 549. The molecule has 2 rings (SSSR count). The lowest BCUT2D eigenvalue weighted by molar-refractivity contribution is 0.416. The van der Waals surface area contributed by atoms with E-state index in [1.54, 1.807) is 7.11 Å². The van der Waals surface area contributed by atoms with Crippen LogP contribution >= 0.6 is 11.6 Å². The second-order valence-corrected chi connectivity index (χ2v) is 4.64. The smallest absolute Gasteiger partial charge is 0.128 e. The molecule has 0 radical (unpaired) electrons. The Morgan fingerprint density at radius 3 is 2.78 bits per heavy atom. The number of ether oxygens (including phenoxy) is 1. The predicted octanol–water partition coefficient (Wildman–Crippen LogP) is 3.37. The van der Waals surface area contributed by atoms with E-state index in [2.05, 4.69) is 23.3 Å². The normalized spacial score (nSPS) is 10.7. The molecule has 0 atom stereocenters. The molecule has 96 valence electrons. The minimum Gasteiger partial charge on any atom is -0.496 e. The molecular formula is C14H17ClN2O. The first-order valence-corrected chi connectivity index (χ1v) is 6.20. The molecule has 18 heavy (non-hydrogen) atoms. The van der Waals surface area contributed by atoms with E-state index in [9.17, 15) is 0 Å². The average molecular weight is 265 g/mol. The Balaban J connectivity index is 2.47. The maximum absolute atomic E-state index is 6.05. The zero-order valence-electron chi connectivity index (χ0n) is 10.8. The molecular weight excluding hydrogens is 248 g/mol. The van der Waals surface area contributed by atoms with Crippen LogP contribution in [0.4, 0.5) is 0 Å². The van der Waals surface area contributed by atoms with Gasteiger partial charge in [0.15, 0.2) is 0 Å². The first-order chi connectivity index (χ1) is 8.65. The predicted molar refractivity (Wildman–Crippen MR) is 75.3 cm³/mol. The molecule has 0 spiro atoms. The molecule has 0 saturated carbocycles. The second-order valence-electron chi connectivity index (χ2n) is 4.21. The van der Waals surface area contributed by atoms with Gasteiger partial charge < -0.3 is 15.0 Å². The van der Waals surface area contributed by atoms with Crippen LogP contribution in [0, 0.1) is 6.92 Å². The van der Waals surface area contributed by atoms with Crippen LogP contribution in [-0.2, 0) is 6.54 Å². The largest absolute Gasteiger partial charge is 0.496 e. The van der Waals surface area contributed by atoms with Crippen LogP contribution in [0.15, 0.2) is 24.3 Å². The third-order valence-electron chi connectivity index (χ3n) is 2.94. The maximum Gasteiger partial charge on any atom is 0.128 e. The van der Waals surface area contributed by atoms with Gasteiger partial charge in [0, 0.05) is 28.5 Å². The van der Waals surface area contributed by atoms with Crippen LogP contribution in [0.2, 0.25) is 5.02 Å². The fraction of sp³-hybridized carbons (Fsp3) is 0.286. The second kappa shape index (κ2) is 5.46. The van der Waals surface area contributed by atoms with Crippen LogP contribution in [0.5, 0.6) is 5.75 Å². The topological polar surface area (TPSA) is 37.0 Å². The van der Waals surface area contributed by atoms with E-state index >= 15 is 0 Å². The fourth-order valence-corrected chi connectivity index (χ4v) is 2.18. The highest BCUT2D eigenvalue weighted by atomic mass is 35.5. The van der Waals surface area contributed by atoms with E-state index in [1.165, 1.54) is 5.56 Å². The summed E-state index contributed by atoms with van der Waals surface area (Å²) >= 11 is 6.05. The van der Waals surface area contributed by atoms with Gasteiger partial charge in [-0.1, -0.05) is 11.6 Å². The summed E-state index contributed by atoms with van der Waals surface area (Å²) in [4.78, 5) is 3.37. The number of nitrogens with one attached hydrogen (secondary N) is 2. The number of methoxy groups -OCH3 is 1. The van der Waals surface area contributed by atoms with Gasteiger partial charge in [-0.15, -0.1) is 0 Å². The van der Waals surface area contributed by atoms with Gasteiger partial charge in [0.05, 0.1) is 7.11 Å². The number of hydrogen-bond donors (Lipinski definition) is 2. The van der Waals surface area contributed by atoms with Gasteiger partial charge in [-0.3, -0.25) is 0 Å².